The molecule has 0 aliphatic heterocycles. The van der Waals surface area contributed by atoms with Crippen LogP contribution in [0.4, 0.5) is 10.7 Å². The Hall–Kier alpha value is -2.48. The Morgan fingerprint density at radius 1 is 1.00 bits per heavy atom. The van der Waals surface area contributed by atoms with Gasteiger partial charge in [-0.05, 0) is 66.1 Å². The summed E-state index contributed by atoms with van der Waals surface area (Å²) in [4.78, 5) is 10.9. The molecule has 2 N–H and O–H groups in total. The maximum atomic E-state index is 11.9. The summed E-state index contributed by atoms with van der Waals surface area (Å²) >= 11 is -0.742. The predicted octanol–water partition coefficient (Wildman–Crippen LogP) is 4.90. The molecule has 5 nitrogen and oxygen atoms in total. The third-order valence-corrected chi connectivity index (χ3v) is 5.86. The molecule has 0 spiro atoms. The van der Waals surface area contributed by atoms with Gasteiger partial charge >= 0.3 is 5.97 Å². The van der Waals surface area contributed by atoms with Crippen LogP contribution in [0.3, 0.4) is 0 Å². The molecule has 1 heterocycles. The van der Waals surface area contributed by atoms with Gasteiger partial charge in [-0.15, -0.1) is 11.3 Å². The van der Waals surface area contributed by atoms with Crippen LogP contribution >= 0.6 is 11.3 Å². The zero-order valence-electron chi connectivity index (χ0n) is 14.4. The highest BCUT2D eigenvalue weighted by atomic mass is 32.2. The summed E-state index contributed by atoms with van der Waals surface area (Å²) in [5.41, 5.74) is 3.07. The summed E-state index contributed by atoms with van der Waals surface area (Å²) in [6.45, 7) is 0. The number of carbonyl (C=O) groups is 1. The minimum Gasteiger partial charge on any atom is -0.478 e. The van der Waals surface area contributed by atoms with Gasteiger partial charge in [-0.1, -0.05) is 30.3 Å². The van der Waals surface area contributed by atoms with E-state index in [-0.39, 0.29) is 5.56 Å². The topological polar surface area (TPSA) is 77.8 Å². The minimum absolute atomic E-state index is 0.279. The molecule has 0 aliphatic rings. The highest BCUT2D eigenvalue weighted by Crippen LogP contribution is 2.33. The first kappa shape index (κ1) is 19.3. The standard InChI is InChI=1S/C20H19NO4S2/c22-20(23)17-12-10-15(11-13-17)5-3-7-16-6-1-2-8-18(16)21(27(24)25)19-9-4-14-26-19/h1-2,4,6,8-14H,3,5,7H2,(H,22,23)(H,24,25). The number of benzene rings is 2. The number of anilines is 2. The largest absolute Gasteiger partial charge is 0.478 e. The number of hydrogen-bond donors (Lipinski definition) is 2. The Morgan fingerprint density at radius 2 is 1.74 bits per heavy atom. The number of carboxylic acid groups (broad SMARTS) is 1. The van der Waals surface area contributed by atoms with Gasteiger partial charge in [-0.3, -0.25) is 4.55 Å². The van der Waals surface area contributed by atoms with E-state index in [0.29, 0.717) is 5.00 Å². The summed E-state index contributed by atoms with van der Waals surface area (Å²) in [7, 11) is 0. The lowest BCUT2D eigenvalue weighted by molar-refractivity contribution is 0.0697. The van der Waals surface area contributed by atoms with E-state index in [2.05, 4.69) is 0 Å². The van der Waals surface area contributed by atoms with Crippen LogP contribution in [0.5, 0.6) is 0 Å². The van der Waals surface area contributed by atoms with Crippen LogP contribution in [0, 0.1) is 0 Å². The highest BCUT2D eigenvalue weighted by Gasteiger charge is 2.18. The van der Waals surface area contributed by atoms with Gasteiger partial charge in [0.1, 0.15) is 5.00 Å². The van der Waals surface area contributed by atoms with E-state index in [4.69, 9.17) is 5.11 Å². The molecule has 0 saturated heterocycles. The van der Waals surface area contributed by atoms with E-state index in [1.54, 1.807) is 12.1 Å². The number of thiophene rings is 1. The molecule has 2 aromatic carbocycles. The maximum Gasteiger partial charge on any atom is 0.335 e. The number of carboxylic acids is 1. The lowest BCUT2D eigenvalue weighted by atomic mass is 10.0. The fraction of sp³-hybridized carbons (Fsp3) is 0.150. The molecule has 0 fully saturated rings. The van der Waals surface area contributed by atoms with Gasteiger partial charge in [0.2, 0.25) is 0 Å². The smallest absolute Gasteiger partial charge is 0.335 e. The lowest BCUT2D eigenvalue weighted by Gasteiger charge is -2.21. The second-order valence-electron chi connectivity index (χ2n) is 5.96. The summed E-state index contributed by atoms with van der Waals surface area (Å²) in [5, 5.41) is 11.5. The first-order chi connectivity index (χ1) is 13.1. The summed E-state index contributed by atoms with van der Waals surface area (Å²) in [5.74, 6) is -0.929. The number of nitrogens with zero attached hydrogens (tertiary/aromatic N) is 1. The van der Waals surface area contributed by atoms with Crippen molar-refractivity contribution in [3.8, 4) is 0 Å². The second kappa shape index (κ2) is 8.94. The van der Waals surface area contributed by atoms with Gasteiger partial charge < -0.3 is 5.11 Å². The molecule has 1 aromatic heterocycles. The van der Waals surface area contributed by atoms with E-state index in [1.807, 2.05) is 53.9 Å². The molecule has 1 atom stereocenters. The van der Waals surface area contributed by atoms with Gasteiger partial charge in [-0.2, -0.15) is 0 Å². The first-order valence-electron chi connectivity index (χ1n) is 8.41. The van der Waals surface area contributed by atoms with Crippen molar-refractivity contribution in [3.63, 3.8) is 0 Å². The zero-order valence-corrected chi connectivity index (χ0v) is 16.1. The van der Waals surface area contributed by atoms with Crippen LogP contribution in [0.2, 0.25) is 0 Å². The molecular weight excluding hydrogens is 382 g/mol. The van der Waals surface area contributed by atoms with Crippen molar-refractivity contribution in [1.29, 1.82) is 0 Å². The molecule has 140 valence electrons. The Balaban J connectivity index is 1.72. The Bertz CT molecular complexity index is 923. The molecule has 0 bridgehead atoms. The van der Waals surface area contributed by atoms with Crippen molar-refractivity contribution in [2.24, 2.45) is 0 Å². The predicted molar refractivity (Wildman–Crippen MR) is 109 cm³/mol. The van der Waals surface area contributed by atoms with E-state index in [1.165, 1.54) is 15.6 Å². The van der Waals surface area contributed by atoms with Gasteiger partial charge in [0.25, 0.3) is 11.3 Å². The van der Waals surface area contributed by atoms with Crippen LogP contribution in [-0.2, 0) is 24.1 Å². The summed E-state index contributed by atoms with van der Waals surface area (Å²) < 4.78 is 23.2. The van der Waals surface area contributed by atoms with Gasteiger partial charge in [0.05, 0.1) is 11.3 Å². The normalized spacial score (nSPS) is 11.9. The summed E-state index contributed by atoms with van der Waals surface area (Å²) in [6, 6.07) is 18.2. The van der Waals surface area contributed by atoms with E-state index < -0.39 is 17.2 Å². The third-order valence-electron chi connectivity index (χ3n) is 4.19. The number of rotatable bonds is 8. The average molecular weight is 402 g/mol. The SMILES string of the molecule is O=C(O)c1ccc(CCCc2ccccc2N(c2cccs2)S(=O)O)cc1. The lowest BCUT2D eigenvalue weighted by Crippen LogP contribution is -2.19. The Kier molecular flexibility index (Phi) is 6.39. The van der Waals surface area contributed by atoms with E-state index >= 15 is 0 Å². The van der Waals surface area contributed by atoms with Crippen LogP contribution in [-0.4, -0.2) is 19.8 Å². The van der Waals surface area contributed by atoms with Crippen LogP contribution in [0.1, 0.15) is 27.9 Å². The number of hydrogen-bond acceptors (Lipinski definition) is 3. The Morgan fingerprint density at radius 3 is 2.37 bits per heavy atom. The molecule has 0 amide bonds. The first-order valence-corrected chi connectivity index (χ1v) is 10.4. The Labute approximate surface area is 164 Å². The second-order valence-corrected chi connectivity index (χ2v) is 7.71. The summed E-state index contributed by atoms with van der Waals surface area (Å²) in [6.07, 6.45) is 2.39. The van der Waals surface area contributed by atoms with E-state index in [9.17, 15) is 13.6 Å². The van der Waals surface area contributed by atoms with Crippen molar-refractivity contribution in [2.45, 2.75) is 19.3 Å². The molecule has 0 radical (unpaired) electrons. The van der Waals surface area contributed by atoms with Crippen molar-refractivity contribution < 1.29 is 18.7 Å². The molecule has 0 saturated carbocycles. The van der Waals surface area contributed by atoms with Gasteiger partial charge in [0.15, 0.2) is 0 Å². The average Bonchev–Trinajstić information content (AvgIpc) is 3.17. The number of aromatic carboxylic acids is 1. The molecule has 27 heavy (non-hydrogen) atoms. The van der Waals surface area contributed by atoms with Crippen LogP contribution in [0.25, 0.3) is 0 Å². The monoisotopic (exact) mass is 401 g/mol. The van der Waals surface area contributed by atoms with Crippen LogP contribution in [0.15, 0.2) is 66.0 Å². The number of aryl methyl sites for hydroxylation is 2. The minimum atomic E-state index is -2.15. The number of para-hydroxylation sites is 1. The third kappa shape index (κ3) is 4.82. The molecular formula is C20H19NO4S2. The molecule has 0 aliphatic carbocycles. The fourth-order valence-corrected chi connectivity index (χ4v) is 4.41. The molecule has 3 aromatic rings. The highest BCUT2D eigenvalue weighted by molar-refractivity contribution is 7.81. The van der Waals surface area contributed by atoms with E-state index in [0.717, 1.165) is 36.1 Å². The molecule has 7 heteroatoms. The van der Waals surface area contributed by atoms with Gasteiger partial charge in [-0.25, -0.2) is 13.3 Å². The van der Waals surface area contributed by atoms with Crippen molar-refractivity contribution in [2.75, 3.05) is 4.31 Å². The maximum absolute atomic E-state index is 11.9. The van der Waals surface area contributed by atoms with Crippen molar-refractivity contribution in [3.05, 3.63) is 82.7 Å². The van der Waals surface area contributed by atoms with Crippen molar-refractivity contribution >= 4 is 39.3 Å². The molecule has 3 rings (SSSR count). The zero-order chi connectivity index (χ0) is 19.2. The van der Waals surface area contributed by atoms with Crippen LogP contribution < -0.4 is 4.31 Å². The fourth-order valence-electron chi connectivity index (χ4n) is 2.88. The quantitative estimate of drug-likeness (QED) is 0.527. The van der Waals surface area contributed by atoms with Gasteiger partial charge in [0, 0.05) is 0 Å². The van der Waals surface area contributed by atoms with Crippen molar-refractivity contribution in [1.82, 2.24) is 0 Å². The molecule has 1 unspecified atom stereocenters.